The molecule has 0 fully saturated rings. The quantitative estimate of drug-likeness (QED) is 0.508. The molecular weight excluding hydrogens is 396 g/mol. The lowest BCUT2D eigenvalue weighted by atomic mass is 10.1. The second kappa shape index (κ2) is 8.83. The van der Waals surface area contributed by atoms with E-state index in [2.05, 4.69) is 0 Å². The number of hydrogen-bond donors (Lipinski definition) is 0. The monoisotopic (exact) mass is 418 g/mol. The molecule has 3 aromatic carbocycles. The van der Waals surface area contributed by atoms with E-state index < -0.39 is 0 Å². The minimum Gasteiger partial charge on any atom is -0.496 e. The lowest BCUT2D eigenvalue weighted by molar-refractivity contribution is 0.101. The maximum Gasteiger partial charge on any atom is 0.235 e. The Kier molecular flexibility index (Phi) is 5.80. The summed E-state index contributed by atoms with van der Waals surface area (Å²) in [5.74, 6) is 2.48. The molecule has 6 heteroatoms. The number of benzene rings is 3. The smallest absolute Gasteiger partial charge is 0.235 e. The highest BCUT2D eigenvalue weighted by Crippen LogP contribution is 2.41. The predicted molar refractivity (Wildman–Crippen MR) is 116 cm³/mol. The molecule has 1 heterocycles. The van der Waals surface area contributed by atoms with Crippen LogP contribution in [0.4, 0.5) is 0 Å². The zero-order valence-electron chi connectivity index (χ0n) is 17.5. The van der Waals surface area contributed by atoms with Crippen molar-refractivity contribution in [1.29, 1.82) is 0 Å². The van der Waals surface area contributed by atoms with Crippen LogP contribution >= 0.6 is 0 Å². The molecule has 0 radical (unpaired) electrons. The summed E-state index contributed by atoms with van der Waals surface area (Å²) < 4.78 is 27.8. The lowest BCUT2D eigenvalue weighted by Gasteiger charge is -2.11. The fourth-order valence-electron chi connectivity index (χ4n) is 3.31. The van der Waals surface area contributed by atoms with Crippen LogP contribution in [-0.2, 0) is 6.61 Å². The van der Waals surface area contributed by atoms with Crippen molar-refractivity contribution in [2.45, 2.75) is 6.61 Å². The number of rotatable bonds is 7. The number of ketones is 1. The maximum absolute atomic E-state index is 12.9. The topological polar surface area (TPSA) is 63.2 Å². The molecule has 0 spiro atoms. The van der Waals surface area contributed by atoms with E-state index >= 15 is 0 Å². The Bertz CT molecular complexity index is 1130. The van der Waals surface area contributed by atoms with E-state index in [-0.39, 0.29) is 11.5 Å². The Morgan fingerprint density at radius 3 is 2.32 bits per heavy atom. The summed E-state index contributed by atoms with van der Waals surface area (Å²) in [6.07, 6.45) is 1.66. The van der Waals surface area contributed by atoms with Crippen LogP contribution in [0.25, 0.3) is 6.08 Å². The van der Waals surface area contributed by atoms with Crippen molar-refractivity contribution in [2.24, 2.45) is 0 Å². The van der Waals surface area contributed by atoms with Gasteiger partial charge in [0.15, 0.2) is 17.3 Å². The number of carbonyl (C=O) groups excluding carboxylic acids is 1. The molecular formula is C25H22O6. The molecule has 4 rings (SSSR count). The second-order valence-electron chi connectivity index (χ2n) is 6.83. The summed E-state index contributed by atoms with van der Waals surface area (Å²) in [6.45, 7) is 0.427. The van der Waals surface area contributed by atoms with Crippen LogP contribution in [0.1, 0.15) is 21.5 Å². The zero-order chi connectivity index (χ0) is 21.8. The summed E-state index contributed by atoms with van der Waals surface area (Å²) in [4.78, 5) is 12.9. The Labute approximate surface area is 180 Å². The van der Waals surface area contributed by atoms with Gasteiger partial charge in [-0.15, -0.1) is 0 Å². The number of carbonyl (C=O) groups is 1. The fourth-order valence-corrected chi connectivity index (χ4v) is 3.31. The van der Waals surface area contributed by atoms with Crippen LogP contribution in [0.5, 0.6) is 28.7 Å². The summed E-state index contributed by atoms with van der Waals surface area (Å²) >= 11 is 0. The first-order valence-corrected chi connectivity index (χ1v) is 9.68. The normalized spacial score (nSPS) is 13.5. The van der Waals surface area contributed by atoms with Gasteiger partial charge in [-0.3, -0.25) is 4.79 Å². The fraction of sp³-hybridized carbons (Fsp3) is 0.160. The number of Topliss-reactive ketones (excluding diaryl/α,β-unsaturated/α-hetero) is 1. The lowest BCUT2D eigenvalue weighted by Crippen LogP contribution is -2.01. The van der Waals surface area contributed by atoms with Crippen molar-refractivity contribution in [1.82, 2.24) is 0 Å². The molecule has 0 atom stereocenters. The number of hydrogen-bond acceptors (Lipinski definition) is 6. The van der Waals surface area contributed by atoms with Gasteiger partial charge in [0, 0.05) is 12.1 Å². The standard InChI is InChI=1S/C25H22O6/c1-27-18-13-21(29-3)24-22(14-18)31-23(25(24)26)12-17-9-10-19(20(11-17)28-2)30-15-16-7-5-4-6-8-16/h4-14H,15H2,1-3H3/b23-12-. The van der Waals surface area contributed by atoms with Gasteiger partial charge in [0.2, 0.25) is 5.78 Å². The average molecular weight is 418 g/mol. The SMILES string of the molecule is COc1cc(OC)c2c(c1)O/C(=C\c1ccc(OCc3ccccc3)c(OC)c1)C2=O. The molecule has 31 heavy (non-hydrogen) atoms. The molecule has 0 saturated carbocycles. The molecule has 0 saturated heterocycles. The third-order valence-corrected chi connectivity index (χ3v) is 4.89. The predicted octanol–water partition coefficient (Wildman–Crippen LogP) is 4.91. The van der Waals surface area contributed by atoms with E-state index in [1.807, 2.05) is 42.5 Å². The summed E-state index contributed by atoms with van der Waals surface area (Å²) in [5, 5.41) is 0. The van der Waals surface area contributed by atoms with Crippen LogP contribution in [0.2, 0.25) is 0 Å². The van der Waals surface area contributed by atoms with Crippen molar-refractivity contribution in [3.8, 4) is 28.7 Å². The Morgan fingerprint density at radius 1 is 0.839 bits per heavy atom. The minimum atomic E-state index is -0.252. The largest absolute Gasteiger partial charge is 0.496 e. The van der Waals surface area contributed by atoms with E-state index in [0.717, 1.165) is 11.1 Å². The highest BCUT2D eigenvalue weighted by Gasteiger charge is 2.32. The third kappa shape index (κ3) is 4.19. The molecule has 0 aromatic heterocycles. The van der Waals surface area contributed by atoms with Gasteiger partial charge < -0.3 is 23.7 Å². The average Bonchev–Trinajstić information content (AvgIpc) is 3.13. The van der Waals surface area contributed by atoms with Gasteiger partial charge in [0.25, 0.3) is 0 Å². The summed E-state index contributed by atoms with van der Waals surface area (Å²) in [5.41, 5.74) is 2.18. The Morgan fingerprint density at radius 2 is 1.61 bits per heavy atom. The van der Waals surface area contributed by atoms with E-state index in [9.17, 15) is 4.79 Å². The van der Waals surface area contributed by atoms with Crippen LogP contribution < -0.4 is 23.7 Å². The zero-order valence-corrected chi connectivity index (χ0v) is 17.5. The summed E-state index contributed by atoms with van der Waals surface area (Å²) in [6, 6.07) is 18.6. The Balaban J connectivity index is 1.58. The second-order valence-corrected chi connectivity index (χ2v) is 6.83. The van der Waals surface area contributed by atoms with Crippen molar-refractivity contribution < 1.29 is 28.5 Å². The molecule has 6 nitrogen and oxygen atoms in total. The number of allylic oxidation sites excluding steroid dienone is 1. The minimum absolute atomic E-state index is 0.196. The van der Waals surface area contributed by atoms with Crippen molar-refractivity contribution in [3.63, 3.8) is 0 Å². The molecule has 0 bridgehead atoms. The van der Waals surface area contributed by atoms with Crippen LogP contribution in [0.3, 0.4) is 0 Å². The third-order valence-electron chi connectivity index (χ3n) is 4.89. The van der Waals surface area contributed by atoms with Gasteiger partial charge >= 0.3 is 0 Å². The van der Waals surface area contributed by atoms with Crippen LogP contribution in [-0.4, -0.2) is 27.1 Å². The van der Waals surface area contributed by atoms with Gasteiger partial charge in [0.1, 0.15) is 29.4 Å². The molecule has 0 amide bonds. The first-order chi connectivity index (χ1) is 15.1. The maximum atomic E-state index is 12.9. The number of fused-ring (bicyclic) bond motifs is 1. The van der Waals surface area contributed by atoms with Gasteiger partial charge in [0.05, 0.1) is 21.3 Å². The molecule has 1 aliphatic heterocycles. The number of ether oxygens (including phenoxy) is 5. The highest BCUT2D eigenvalue weighted by molar-refractivity contribution is 6.16. The van der Waals surface area contributed by atoms with Gasteiger partial charge in [-0.1, -0.05) is 36.4 Å². The van der Waals surface area contributed by atoms with Gasteiger partial charge in [-0.25, -0.2) is 0 Å². The van der Waals surface area contributed by atoms with Crippen LogP contribution in [0.15, 0.2) is 66.4 Å². The van der Waals surface area contributed by atoms with Crippen molar-refractivity contribution in [2.75, 3.05) is 21.3 Å². The van der Waals surface area contributed by atoms with Crippen molar-refractivity contribution >= 4 is 11.9 Å². The molecule has 1 aliphatic rings. The van der Waals surface area contributed by atoms with E-state index in [4.69, 9.17) is 23.7 Å². The van der Waals surface area contributed by atoms with Gasteiger partial charge in [-0.2, -0.15) is 0 Å². The molecule has 158 valence electrons. The van der Waals surface area contributed by atoms with E-state index in [1.165, 1.54) is 7.11 Å². The highest BCUT2D eigenvalue weighted by atomic mass is 16.5. The van der Waals surface area contributed by atoms with E-state index in [1.54, 1.807) is 38.5 Å². The van der Waals surface area contributed by atoms with Crippen LogP contribution in [0, 0.1) is 0 Å². The molecule has 0 N–H and O–H groups in total. The summed E-state index contributed by atoms with van der Waals surface area (Å²) in [7, 11) is 4.62. The first-order valence-electron chi connectivity index (χ1n) is 9.68. The van der Waals surface area contributed by atoms with Crippen molar-refractivity contribution in [3.05, 3.63) is 83.1 Å². The first kappa shape index (κ1) is 20.3. The molecule has 0 aliphatic carbocycles. The van der Waals surface area contributed by atoms with E-state index in [0.29, 0.717) is 40.9 Å². The number of methoxy groups -OCH3 is 3. The molecule has 0 unspecified atom stereocenters. The molecule has 3 aromatic rings. The Hall–Kier alpha value is -3.93. The van der Waals surface area contributed by atoms with Gasteiger partial charge in [-0.05, 0) is 29.3 Å².